The molecule has 0 spiro atoms. The van der Waals surface area contributed by atoms with Crippen molar-refractivity contribution in [1.82, 2.24) is 15.2 Å². The van der Waals surface area contributed by atoms with Crippen LogP contribution in [0.25, 0.3) is 11.1 Å². The third kappa shape index (κ3) is 9.11. The molecule has 2 aliphatic rings. The zero-order chi connectivity index (χ0) is 41.8. The molecule has 4 unspecified atom stereocenters. The number of rotatable bonds is 13. The highest BCUT2D eigenvalue weighted by atomic mass is 35.5. The number of hydrogen-bond acceptors (Lipinski definition) is 7. The minimum atomic E-state index is -1.19. The van der Waals surface area contributed by atoms with E-state index < -0.39 is 23.9 Å². The van der Waals surface area contributed by atoms with Crippen LogP contribution in [-0.4, -0.2) is 45.6 Å². The normalized spacial score (nSPS) is 16.9. The molecule has 1 aromatic heterocycles. The Hall–Kier alpha value is -5.94. The molecule has 0 saturated carbocycles. The molecule has 12 heteroatoms. The first kappa shape index (κ1) is 40.8. The fraction of sp³-hybridized carbons (Fsp3) is 0.229. The minimum Gasteiger partial charge on any atom is -0.489 e. The quantitative estimate of drug-likeness (QED) is 0.118. The number of amides is 1. The van der Waals surface area contributed by atoms with Gasteiger partial charge in [-0.15, -0.1) is 0 Å². The molecular formula is C48H42Cl2FN3O6. The summed E-state index contributed by atoms with van der Waals surface area (Å²) in [4.78, 5) is 33.0. The van der Waals surface area contributed by atoms with Crippen molar-refractivity contribution in [1.29, 1.82) is 0 Å². The van der Waals surface area contributed by atoms with Crippen molar-refractivity contribution < 1.29 is 33.3 Å². The van der Waals surface area contributed by atoms with Gasteiger partial charge in [-0.2, -0.15) is 0 Å². The number of carbonyl (C=O) groups excluding carboxylic acids is 1. The predicted molar refractivity (Wildman–Crippen MR) is 228 cm³/mol. The average molecular weight is 847 g/mol. The Labute approximate surface area is 357 Å². The van der Waals surface area contributed by atoms with Crippen LogP contribution in [0.2, 0.25) is 10.0 Å². The second-order valence-electron chi connectivity index (χ2n) is 15.0. The van der Waals surface area contributed by atoms with Crippen molar-refractivity contribution in [2.45, 2.75) is 63.6 Å². The van der Waals surface area contributed by atoms with E-state index in [-0.39, 0.29) is 31.1 Å². The molecule has 0 aliphatic carbocycles. The van der Waals surface area contributed by atoms with E-state index in [1.165, 1.54) is 6.20 Å². The second-order valence-corrected chi connectivity index (χ2v) is 15.8. The van der Waals surface area contributed by atoms with Crippen molar-refractivity contribution in [3.63, 3.8) is 0 Å². The second kappa shape index (κ2) is 18.1. The van der Waals surface area contributed by atoms with Crippen molar-refractivity contribution in [3.05, 3.63) is 177 Å². The summed E-state index contributed by atoms with van der Waals surface area (Å²) in [6.07, 6.45) is 3.42. The summed E-state index contributed by atoms with van der Waals surface area (Å²) in [6, 6.07) is 33.7. The lowest BCUT2D eigenvalue weighted by molar-refractivity contribution is -0.143. The molecule has 6 aromatic rings. The number of aromatic nitrogens is 1. The Morgan fingerprint density at radius 3 is 2.38 bits per heavy atom. The van der Waals surface area contributed by atoms with Crippen LogP contribution in [0.4, 0.5) is 4.39 Å². The molecule has 60 heavy (non-hydrogen) atoms. The third-order valence-electron chi connectivity index (χ3n) is 11.1. The van der Waals surface area contributed by atoms with Gasteiger partial charge in [0, 0.05) is 30.8 Å². The lowest BCUT2D eigenvalue weighted by Gasteiger charge is -2.42. The molecule has 2 aliphatic heterocycles. The van der Waals surface area contributed by atoms with Gasteiger partial charge in [-0.25, -0.2) is 9.18 Å². The van der Waals surface area contributed by atoms with Crippen LogP contribution in [-0.2, 0) is 35.6 Å². The van der Waals surface area contributed by atoms with Gasteiger partial charge in [-0.1, -0.05) is 103 Å². The first-order chi connectivity index (χ1) is 29.1. The number of halogens is 3. The average Bonchev–Trinajstić information content (AvgIpc) is 3.26. The van der Waals surface area contributed by atoms with Gasteiger partial charge >= 0.3 is 5.97 Å². The lowest BCUT2D eigenvalue weighted by Crippen LogP contribution is -2.55. The molecule has 9 nitrogen and oxygen atoms in total. The van der Waals surface area contributed by atoms with Crippen molar-refractivity contribution in [2.24, 2.45) is 0 Å². The molecule has 0 radical (unpaired) electrons. The van der Waals surface area contributed by atoms with Crippen molar-refractivity contribution >= 4 is 35.1 Å². The van der Waals surface area contributed by atoms with Gasteiger partial charge in [0.2, 0.25) is 5.91 Å². The van der Waals surface area contributed by atoms with Gasteiger partial charge in [-0.05, 0) is 94.3 Å². The van der Waals surface area contributed by atoms with Crippen LogP contribution in [0.15, 0.2) is 128 Å². The van der Waals surface area contributed by atoms with Crippen LogP contribution < -0.4 is 19.5 Å². The van der Waals surface area contributed by atoms with Crippen molar-refractivity contribution in [2.75, 3.05) is 6.61 Å². The number of pyridine rings is 1. The number of carboxylic acid groups (broad SMARTS) is 1. The lowest BCUT2D eigenvalue weighted by atomic mass is 9.89. The molecule has 0 fully saturated rings. The summed E-state index contributed by atoms with van der Waals surface area (Å²) in [7, 11) is 0. The van der Waals surface area contributed by atoms with Crippen LogP contribution in [0.3, 0.4) is 0 Å². The van der Waals surface area contributed by atoms with E-state index in [4.69, 9.17) is 37.4 Å². The topological polar surface area (TPSA) is 110 Å². The Balaban J connectivity index is 0.993. The Kier molecular flexibility index (Phi) is 12.3. The number of aliphatic carboxylic acids is 1. The summed E-state index contributed by atoms with van der Waals surface area (Å²) in [5.41, 5.74) is 6.56. The van der Waals surface area contributed by atoms with Crippen molar-refractivity contribution in [3.8, 4) is 28.4 Å². The minimum absolute atomic E-state index is 0.0493. The van der Waals surface area contributed by atoms with Gasteiger partial charge in [0.05, 0.1) is 22.3 Å². The Bertz CT molecular complexity index is 2490. The zero-order valence-electron chi connectivity index (χ0n) is 32.7. The summed E-state index contributed by atoms with van der Waals surface area (Å²) >= 11 is 12.2. The van der Waals surface area contributed by atoms with Gasteiger partial charge in [0.25, 0.3) is 0 Å². The number of nitrogens with one attached hydrogen (secondary N) is 1. The van der Waals surface area contributed by atoms with E-state index in [1.54, 1.807) is 42.5 Å². The maximum atomic E-state index is 14.4. The zero-order valence-corrected chi connectivity index (χ0v) is 34.2. The van der Waals surface area contributed by atoms with Crippen LogP contribution in [0.5, 0.6) is 17.2 Å². The van der Waals surface area contributed by atoms with E-state index in [9.17, 15) is 19.1 Å². The monoisotopic (exact) mass is 845 g/mol. The van der Waals surface area contributed by atoms with E-state index in [0.29, 0.717) is 63.6 Å². The number of carbonyl (C=O) groups is 2. The number of benzene rings is 5. The molecule has 8 rings (SSSR count). The van der Waals surface area contributed by atoms with E-state index in [2.05, 4.69) is 34.3 Å². The summed E-state index contributed by atoms with van der Waals surface area (Å²) in [5.74, 6) is -0.0725. The maximum absolute atomic E-state index is 14.4. The standard InChI is InChI=1S/C48H42Cl2FN3O6/c1-2-42(32-6-4-3-5-7-32)54-26-35-24-45-44(59-28-46(60-45)33-13-15-36(16-14-33)58-27-30-10-17-38(49)39(50)20-30)23-34(35)22-43(54)47(55)53-41(48(56)57)21-29-8-11-31(12-9-29)37-18-19-52-25-40(37)51/h3-20,23-25,41-43,46H,2,21-22,26-28H2,1H3,(H,53,55)(H,56,57). The predicted octanol–water partition coefficient (Wildman–Crippen LogP) is 9.98. The summed E-state index contributed by atoms with van der Waals surface area (Å²) in [5, 5.41) is 14.2. The fourth-order valence-corrected chi connectivity index (χ4v) is 8.27. The highest BCUT2D eigenvalue weighted by Crippen LogP contribution is 2.43. The first-order valence-electron chi connectivity index (χ1n) is 19.8. The van der Waals surface area contributed by atoms with Gasteiger partial charge < -0.3 is 24.6 Å². The summed E-state index contributed by atoms with van der Waals surface area (Å²) in [6.45, 7) is 3.14. The Morgan fingerprint density at radius 1 is 0.917 bits per heavy atom. The number of fused-ring (bicyclic) bond motifs is 2. The summed E-state index contributed by atoms with van der Waals surface area (Å²) < 4.78 is 33.2. The van der Waals surface area contributed by atoms with E-state index in [0.717, 1.165) is 40.4 Å². The molecule has 4 atom stereocenters. The third-order valence-corrected chi connectivity index (χ3v) is 11.8. The van der Waals surface area contributed by atoms with Crippen LogP contribution in [0, 0.1) is 5.82 Å². The molecule has 5 aromatic carbocycles. The smallest absolute Gasteiger partial charge is 0.326 e. The highest BCUT2D eigenvalue weighted by Gasteiger charge is 2.39. The molecule has 1 amide bonds. The Morgan fingerprint density at radius 2 is 1.67 bits per heavy atom. The molecule has 0 saturated heterocycles. The largest absolute Gasteiger partial charge is 0.489 e. The van der Waals surface area contributed by atoms with Crippen LogP contribution in [0.1, 0.15) is 58.9 Å². The molecule has 0 bridgehead atoms. The fourth-order valence-electron chi connectivity index (χ4n) is 7.95. The van der Waals surface area contributed by atoms with Gasteiger partial charge in [0.15, 0.2) is 17.6 Å². The number of hydrogen-bond donors (Lipinski definition) is 2. The molecule has 3 heterocycles. The van der Waals surface area contributed by atoms with Gasteiger partial charge in [-0.3, -0.25) is 14.7 Å². The molecule has 2 N–H and O–H groups in total. The van der Waals surface area contributed by atoms with Gasteiger partial charge in [0.1, 0.15) is 30.8 Å². The highest BCUT2D eigenvalue weighted by molar-refractivity contribution is 6.42. The number of carboxylic acids is 1. The van der Waals surface area contributed by atoms with Crippen LogP contribution >= 0.6 is 23.2 Å². The molecule has 306 valence electrons. The maximum Gasteiger partial charge on any atom is 0.326 e. The molecular weight excluding hydrogens is 804 g/mol. The van der Waals surface area contributed by atoms with E-state index >= 15 is 0 Å². The number of nitrogens with zero attached hydrogens (tertiary/aromatic N) is 2. The first-order valence-corrected chi connectivity index (χ1v) is 20.5. The number of ether oxygens (including phenoxy) is 3. The van der Waals surface area contributed by atoms with E-state index in [1.807, 2.05) is 60.7 Å². The SMILES string of the molecule is CCC(c1ccccc1)N1Cc2cc3c(cc2CC1C(=O)NC(Cc1ccc(-c2ccncc2F)cc1)C(=O)O)OCC(c1ccc(OCc2ccc(Cl)c(Cl)c2)cc1)O3.